The van der Waals surface area contributed by atoms with Gasteiger partial charge in [-0.2, -0.15) is 0 Å². The van der Waals surface area contributed by atoms with Crippen LogP contribution in [0.5, 0.6) is 11.5 Å². The SMILES string of the molecule is C1=CC2C(C=C1c1nc(-c3ccccc3)nc(-c3ccccc3)n1)c1ccc(-c3ccc4ccc5cccc6ccc3c4c56)cc1C21c2ccccc2Oc2ccccc21. The number of hydrogen-bond donors (Lipinski definition) is 0. The lowest BCUT2D eigenvalue weighted by Crippen LogP contribution is -2.37. The predicted molar refractivity (Wildman–Crippen MR) is 242 cm³/mol. The van der Waals surface area contributed by atoms with Crippen LogP contribution in [0.15, 0.2) is 200 Å². The van der Waals surface area contributed by atoms with E-state index in [4.69, 9.17) is 19.7 Å². The second-order valence-electron chi connectivity index (χ2n) is 16.2. The van der Waals surface area contributed by atoms with Gasteiger partial charge in [0.2, 0.25) is 0 Å². The van der Waals surface area contributed by atoms with Gasteiger partial charge in [-0.1, -0.05) is 182 Å². The first-order valence-corrected chi connectivity index (χ1v) is 20.7. The zero-order chi connectivity index (χ0) is 39.4. The van der Waals surface area contributed by atoms with Crippen LogP contribution in [0.3, 0.4) is 0 Å². The quantitative estimate of drug-likeness (QED) is 0.167. The molecule has 2 unspecified atom stereocenters. The number of fused-ring (bicyclic) bond motifs is 9. The Morgan fingerprint density at radius 1 is 0.450 bits per heavy atom. The van der Waals surface area contributed by atoms with E-state index in [9.17, 15) is 0 Å². The molecule has 1 spiro atoms. The summed E-state index contributed by atoms with van der Waals surface area (Å²) in [5.41, 5.74) is 9.79. The Kier molecular flexibility index (Phi) is 7.02. The summed E-state index contributed by atoms with van der Waals surface area (Å²) in [6.07, 6.45) is 7.08. The van der Waals surface area contributed by atoms with Gasteiger partial charge >= 0.3 is 0 Å². The van der Waals surface area contributed by atoms with Crippen molar-refractivity contribution in [3.8, 4) is 45.4 Å². The molecule has 60 heavy (non-hydrogen) atoms. The molecule has 1 aromatic heterocycles. The van der Waals surface area contributed by atoms with Crippen LogP contribution in [-0.4, -0.2) is 15.0 Å². The summed E-state index contributed by atoms with van der Waals surface area (Å²) in [5, 5.41) is 7.74. The smallest absolute Gasteiger partial charge is 0.164 e. The Balaban J connectivity index is 1.05. The highest BCUT2D eigenvalue weighted by Gasteiger charge is 2.57. The van der Waals surface area contributed by atoms with E-state index in [1.807, 2.05) is 36.4 Å². The summed E-state index contributed by atoms with van der Waals surface area (Å²) >= 11 is 0. The molecule has 4 nitrogen and oxygen atoms in total. The summed E-state index contributed by atoms with van der Waals surface area (Å²) in [4.78, 5) is 15.3. The zero-order valence-corrected chi connectivity index (χ0v) is 32.5. The third kappa shape index (κ3) is 4.70. The van der Waals surface area contributed by atoms with E-state index in [2.05, 4.69) is 164 Å². The molecule has 1 aliphatic heterocycles. The van der Waals surface area contributed by atoms with Crippen LogP contribution in [-0.2, 0) is 5.41 Å². The van der Waals surface area contributed by atoms with Crippen molar-refractivity contribution in [3.63, 3.8) is 0 Å². The van der Waals surface area contributed by atoms with Crippen molar-refractivity contribution in [2.45, 2.75) is 11.3 Å². The first-order valence-electron chi connectivity index (χ1n) is 20.7. The van der Waals surface area contributed by atoms with E-state index in [0.29, 0.717) is 17.5 Å². The molecule has 0 saturated carbocycles. The van der Waals surface area contributed by atoms with Crippen LogP contribution >= 0.6 is 0 Å². The van der Waals surface area contributed by atoms with Gasteiger partial charge in [0.05, 0.1) is 5.41 Å². The lowest BCUT2D eigenvalue weighted by atomic mass is 9.61. The Morgan fingerprint density at radius 3 is 1.72 bits per heavy atom. The Bertz CT molecular complexity index is 3300. The molecule has 9 aromatic carbocycles. The molecule has 0 N–H and O–H groups in total. The standard InChI is InChI=1S/C56H35N3O/c1-3-12-37(13-4-1)53-57-54(38-14-5-2-6-15-38)59-55(58-53)40-27-31-45-44(32-40)42-29-26-39(41-28-24-36-23-22-34-16-11-17-35-25-30-43(41)52(36)51(34)35)33-48(42)56(45)46-18-7-9-20-49(46)60-50-21-10-8-19-47(50)56/h1-33,44-45H. The number of benzene rings is 9. The molecule has 0 fully saturated rings. The van der Waals surface area contributed by atoms with Gasteiger partial charge in [-0.25, -0.2) is 15.0 Å². The molecule has 0 radical (unpaired) electrons. The first kappa shape index (κ1) is 33.3. The maximum absolute atomic E-state index is 6.73. The zero-order valence-electron chi connectivity index (χ0n) is 32.5. The van der Waals surface area contributed by atoms with E-state index in [0.717, 1.165) is 28.2 Å². The minimum Gasteiger partial charge on any atom is -0.457 e. The Labute approximate surface area is 347 Å². The fourth-order valence-electron chi connectivity index (χ4n) is 10.7. The van der Waals surface area contributed by atoms with Gasteiger partial charge in [-0.3, -0.25) is 0 Å². The fraction of sp³-hybridized carbons (Fsp3) is 0.0536. The van der Waals surface area contributed by atoms with E-state index < -0.39 is 5.41 Å². The molecule has 0 bridgehead atoms. The van der Waals surface area contributed by atoms with Crippen LogP contribution in [0.4, 0.5) is 0 Å². The van der Waals surface area contributed by atoms with E-state index in [1.54, 1.807) is 0 Å². The molecule has 0 amide bonds. The lowest BCUT2D eigenvalue weighted by molar-refractivity contribution is 0.374. The summed E-state index contributed by atoms with van der Waals surface area (Å²) in [7, 11) is 0. The van der Waals surface area contributed by atoms with Crippen molar-refractivity contribution >= 4 is 37.9 Å². The van der Waals surface area contributed by atoms with Crippen LogP contribution in [0, 0.1) is 5.92 Å². The number of nitrogens with zero attached hydrogens (tertiary/aromatic N) is 3. The largest absolute Gasteiger partial charge is 0.457 e. The average Bonchev–Trinajstić information content (AvgIpc) is 3.60. The van der Waals surface area contributed by atoms with Gasteiger partial charge < -0.3 is 4.74 Å². The monoisotopic (exact) mass is 765 g/mol. The second-order valence-corrected chi connectivity index (χ2v) is 16.2. The molecule has 3 aliphatic rings. The van der Waals surface area contributed by atoms with E-state index >= 15 is 0 Å². The topological polar surface area (TPSA) is 47.9 Å². The van der Waals surface area contributed by atoms with Crippen LogP contribution in [0.25, 0.3) is 71.8 Å². The van der Waals surface area contributed by atoms with Gasteiger partial charge in [-0.05, 0) is 72.8 Å². The highest BCUT2D eigenvalue weighted by molar-refractivity contribution is 6.25. The minimum atomic E-state index is -0.521. The Morgan fingerprint density at radius 2 is 1.03 bits per heavy atom. The molecule has 10 aromatic rings. The summed E-state index contributed by atoms with van der Waals surface area (Å²) in [6.45, 7) is 0. The van der Waals surface area contributed by atoms with Crippen molar-refractivity contribution in [1.29, 1.82) is 0 Å². The third-order valence-electron chi connectivity index (χ3n) is 13.2. The minimum absolute atomic E-state index is 0.0340. The average molecular weight is 766 g/mol. The van der Waals surface area contributed by atoms with E-state index in [1.165, 1.54) is 65.7 Å². The second kappa shape index (κ2) is 12.7. The van der Waals surface area contributed by atoms with E-state index in [-0.39, 0.29) is 11.8 Å². The van der Waals surface area contributed by atoms with Crippen LogP contribution < -0.4 is 4.74 Å². The molecule has 2 aliphatic carbocycles. The molecule has 2 atom stereocenters. The predicted octanol–water partition coefficient (Wildman–Crippen LogP) is 13.6. The highest BCUT2D eigenvalue weighted by atomic mass is 16.5. The number of hydrogen-bond acceptors (Lipinski definition) is 4. The number of para-hydroxylation sites is 2. The van der Waals surface area contributed by atoms with Gasteiger partial charge in [0.1, 0.15) is 11.5 Å². The molecular formula is C56H35N3O. The maximum Gasteiger partial charge on any atom is 0.164 e. The summed E-state index contributed by atoms with van der Waals surface area (Å²) < 4.78 is 6.73. The van der Waals surface area contributed by atoms with Crippen molar-refractivity contribution in [2.24, 2.45) is 5.92 Å². The van der Waals surface area contributed by atoms with Gasteiger partial charge in [-0.15, -0.1) is 0 Å². The van der Waals surface area contributed by atoms with Gasteiger partial charge in [0.15, 0.2) is 17.5 Å². The van der Waals surface area contributed by atoms with Crippen LogP contribution in [0.2, 0.25) is 0 Å². The number of rotatable bonds is 4. The van der Waals surface area contributed by atoms with Gasteiger partial charge in [0, 0.05) is 39.7 Å². The van der Waals surface area contributed by atoms with Crippen LogP contribution in [0.1, 0.15) is 34.0 Å². The fourth-order valence-corrected chi connectivity index (χ4v) is 10.7. The van der Waals surface area contributed by atoms with Crippen molar-refractivity contribution in [3.05, 3.63) is 228 Å². The van der Waals surface area contributed by atoms with Crippen molar-refractivity contribution < 1.29 is 4.74 Å². The Hall–Kier alpha value is -7.69. The first-order chi connectivity index (χ1) is 29.7. The maximum atomic E-state index is 6.73. The van der Waals surface area contributed by atoms with Crippen molar-refractivity contribution in [2.75, 3.05) is 0 Å². The normalized spacial score (nSPS) is 17.0. The molecular weight excluding hydrogens is 731 g/mol. The number of aromatic nitrogens is 3. The number of allylic oxidation sites excluding steroid dienone is 4. The number of ether oxygens (including phenoxy) is 1. The molecule has 2 heterocycles. The molecule has 280 valence electrons. The highest BCUT2D eigenvalue weighted by Crippen LogP contribution is 2.65. The van der Waals surface area contributed by atoms with Gasteiger partial charge in [0.25, 0.3) is 0 Å². The summed E-state index contributed by atoms with van der Waals surface area (Å²) in [6, 6.07) is 65.2. The lowest BCUT2D eigenvalue weighted by Gasteiger charge is -2.43. The third-order valence-corrected chi connectivity index (χ3v) is 13.2. The molecule has 4 heteroatoms. The summed E-state index contributed by atoms with van der Waals surface area (Å²) in [5.74, 6) is 3.87. The molecule has 13 rings (SSSR count). The molecule has 0 saturated heterocycles. The van der Waals surface area contributed by atoms with Crippen molar-refractivity contribution in [1.82, 2.24) is 15.0 Å².